The van der Waals surface area contributed by atoms with E-state index in [1.165, 1.54) is 53.8 Å². The first-order chi connectivity index (χ1) is 21.1. The molecule has 228 valence electrons. The number of hydrogen-bond acceptors (Lipinski definition) is 10. The summed E-state index contributed by atoms with van der Waals surface area (Å²) >= 11 is 1.39. The Morgan fingerprint density at radius 3 is 2.41 bits per heavy atom. The summed E-state index contributed by atoms with van der Waals surface area (Å²) in [6.07, 6.45) is 0.149. The molecule has 5 rings (SSSR count). The van der Waals surface area contributed by atoms with Crippen LogP contribution in [0.3, 0.4) is 0 Å². The van der Waals surface area contributed by atoms with Gasteiger partial charge in [0.25, 0.3) is 5.69 Å². The highest BCUT2D eigenvalue weighted by atomic mass is 32.1. The van der Waals surface area contributed by atoms with Crippen molar-refractivity contribution < 1.29 is 33.2 Å². The molecule has 2 N–H and O–H groups in total. The zero-order chi connectivity index (χ0) is 31.7. The molecule has 44 heavy (non-hydrogen) atoms. The van der Waals surface area contributed by atoms with E-state index in [4.69, 9.17) is 15.2 Å². The number of Topliss-reactive ketones (excluding diaryl/α,β-unsaturated/α-hetero) is 1. The molecule has 1 aliphatic carbocycles. The summed E-state index contributed by atoms with van der Waals surface area (Å²) in [6, 6.07) is 13.2. The molecular formula is C32H30FN3O7S. The van der Waals surface area contributed by atoms with Crippen molar-refractivity contribution in [3.63, 3.8) is 0 Å². The number of ketones is 1. The lowest BCUT2D eigenvalue weighted by atomic mass is 9.68. The van der Waals surface area contributed by atoms with E-state index in [0.717, 1.165) is 4.88 Å². The number of nitrogens with two attached hydrogens (primary N) is 1. The lowest BCUT2D eigenvalue weighted by Crippen LogP contribution is -2.46. The van der Waals surface area contributed by atoms with Gasteiger partial charge in [0.2, 0.25) is 0 Å². The number of nitro groups is 1. The topological polar surface area (TPSA) is 142 Å². The Labute approximate surface area is 256 Å². The normalized spacial score (nSPS) is 20.0. The molecule has 0 spiro atoms. The van der Waals surface area contributed by atoms with Crippen molar-refractivity contribution in [1.82, 2.24) is 0 Å². The van der Waals surface area contributed by atoms with Gasteiger partial charge in [-0.3, -0.25) is 24.6 Å². The number of ether oxygens (including phenoxy) is 2. The fraction of sp³-hybridized carbons (Fsp3) is 0.281. The molecule has 0 fully saturated rings. The maximum Gasteiger partial charge on any atom is 0.338 e. The van der Waals surface area contributed by atoms with Gasteiger partial charge in [-0.15, -0.1) is 11.3 Å². The smallest absolute Gasteiger partial charge is 0.338 e. The second-order valence-electron chi connectivity index (χ2n) is 10.3. The molecule has 1 aliphatic heterocycles. The maximum absolute atomic E-state index is 14.7. The quantitative estimate of drug-likeness (QED) is 0.147. The van der Waals surface area contributed by atoms with E-state index in [1.54, 1.807) is 25.7 Å². The molecule has 0 radical (unpaired) electrons. The van der Waals surface area contributed by atoms with Gasteiger partial charge >= 0.3 is 11.9 Å². The first kappa shape index (κ1) is 30.6. The Bertz CT molecular complexity index is 1700. The Hall–Kier alpha value is -4.84. The second kappa shape index (κ2) is 12.4. The van der Waals surface area contributed by atoms with Gasteiger partial charge in [0, 0.05) is 34.2 Å². The number of hydrogen-bond donors (Lipinski definition) is 1. The summed E-state index contributed by atoms with van der Waals surface area (Å²) in [6.45, 7) is 5.01. The number of aryl methyl sites for hydroxylation is 1. The first-order valence-corrected chi connectivity index (χ1v) is 14.9. The van der Waals surface area contributed by atoms with Crippen molar-refractivity contribution in [3.8, 4) is 0 Å². The minimum absolute atomic E-state index is 0.00800. The minimum Gasteiger partial charge on any atom is -0.465 e. The predicted molar refractivity (Wildman–Crippen MR) is 161 cm³/mol. The van der Waals surface area contributed by atoms with Crippen LogP contribution in [-0.4, -0.2) is 35.9 Å². The van der Waals surface area contributed by atoms with Crippen LogP contribution in [0.4, 0.5) is 15.8 Å². The van der Waals surface area contributed by atoms with Gasteiger partial charge in [-0.05, 0) is 68.0 Å². The first-order valence-electron chi connectivity index (χ1n) is 14.0. The number of esters is 2. The molecule has 0 saturated carbocycles. The summed E-state index contributed by atoms with van der Waals surface area (Å²) in [7, 11) is 0. The molecule has 0 saturated heterocycles. The minimum atomic E-state index is -1.22. The van der Waals surface area contributed by atoms with Crippen molar-refractivity contribution in [2.24, 2.45) is 11.7 Å². The van der Waals surface area contributed by atoms with E-state index in [-0.39, 0.29) is 42.3 Å². The number of thiophene rings is 1. The third-order valence-electron chi connectivity index (χ3n) is 7.82. The van der Waals surface area contributed by atoms with E-state index >= 15 is 0 Å². The highest BCUT2D eigenvalue weighted by Gasteiger charge is 2.51. The highest BCUT2D eigenvalue weighted by Crippen LogP contribution is 2.52. The molecular weight excluding hydrogens is 589 g/mol. The van der Waals surface area contributed by atoms with Crippen LogP contribution in [0, 0.1) is 28.8 Å². The van der Waals surface area contributed by atoms with Crippen molar-refractivity contribution in [1.29, 1.82) is 0 Å². The standard InChI is InChI=1S/C32H30FN3O7S/c1-4-42-31(38)26-21(24-7-6-14-44-24)16-23-27(29(26)37)25(18-8-10-19(33)11-9-18)28(32(39)43-5-2)30(34)35(23)22-13-12-20(36(40)41)15-17(22)3/h6-15,21,25-26H,4-5,16,34H2,1-3H3/t21-,25+,26-/m1/s1. The summed E-state index contributed by atoms with van der Waals surface area (Å²) in [4.78, 5) is 55.1. The van der Waals surface area contributed by atoms with Crippen LogP contribution in [0.5, 0.6) is 0 Å². The molecule has 2 aliphatic rings. The molecule has 10 nitrogen and oxygen atoms in total. The van der Waals surface area contributed by atoms with Gasteiger partial charge in [0.15, 0.2) is 5.78 Å². The molecule has 0 bridgehead atoms. The molecule has 1 aromatic heterocycles. The van der Waals surface area contributed by atoms with E-state index in [2.05, 4.69) is 0 Å². The fourth-order valence-electron chi connectivity index (χ4n) is 5.98. The van der Waals surface area contributed by atoms with E-state index in [0.29, 0.717) is 22.5 Å². The zero-order valence-electron chi connectivity index (χ0n) is 24.2. The summed E-state index contributed by atoms with van der Waals surface area (Å²) in [5.74, 6) is -5.54. The lowest BCUT2D eigenvalue weighted by molar-refractivity contribution is -0.384. The lowest BCUT2D eigenvalue weighted by Gasteiger charge is -2.44. The number of halogens is 1. The van der Waals surface area contributed by atoms with E-state index in [9.17, 15) is 28.9 Å². The number of non-ortho nitro benzene ring substituents is 1. The third kappa shape index (κ3) is 5.37. The number of carbonyl (C=O) groups is 3. The Balaban J connectivity index is 1.83. The number of rotatable bonds is 8. The summed E-state index contributed by atoms with van der Waals surface area (Å²) in [5.41, 5.74) is 8.43. The molecule has 0 amide bonds. The van der Waals surface area contributed by atoms with Gasteiger partial charge in [-0.25, -0.2) is 9.18 Å². The number of allylic oxidation sites excluding steroid dienone is 2. The van der Waals surface area contributed by atoms with Crippen molar-refractivity contribution in [3.05, 3.63) is 115 Å². The largest absolute Gasteiger partial charge is 0.465 e. The van der Waals surface area contributed by atoms with Gasteiger partial charge < -0.3 is 15.2 Å². The van der Waals surface area contributed by atoms with Gasteiger partial charge in [-0.2, -0.15) is 0 Å². The van der Waals surface area contributed by atoms with Crippen LogP contribution >= 0.6 is 11.3 Å². The second-order valence-corrected chi connectivity index (χ2v) is 11.3. The number of benzene rings is 2. The van der Waals surface area contributed by atoms with Crippen LogP contribution in [0.15, 0.2) is 82.6 Å². The maximum atomic E-state index is 14.7. The van der Waals surface area contributed by atoms with Crippen LogP contribution in [0.1, 0.15) is 48.1 Å². The van der Waals surface area contributed by atoms with Gasteiger partial charge in [0.1, 0.15) is 17.6 Å². The number of carbonyl (C=O) groups excluding carboxylic acids is 3. The molecule has 3 aromatic rings. The molecule has 0 unspecified atom stereocenters. The Morgan fingerprint density at radius 1 is 1.11 bits per heavy atom. The zero-order valence-corrected chi connectivity index (χ0v) is 25.1. The number of anilines is 1. The summed E-state index contributed by atoms with van der Waals surface area (Å²) in [5, 5.41) is 13.4. The van der Waals surface area contributed by atoms with Crippen molar-refractivity contribution in [2.45, 2.75) is 39.0 Å². The van der Waals surface area contributed by atoms with Crippen LogP contribution in [0.25, 0.3) is 0 Å². The van der Waals surface area contributed by atoms with Gasteiger partial charge in [0.05, 0.1) is 35.3 Å². The number of nitrogens with zero attached hydrogens (tertiary/aromatic N) is 2. The SMILES string of the molecule is CCOC(=O)C1=C(N)N(c2ccc([N+](=O)[O-])cc2C)C2=C(C(=O)[C@H](C(=O)OCC)[C@@H](c3cccs3)C2)[C@@H]1c1ccc(F)cc1. The predicted octanol–water partition coefficient (Wildman–Crippen LogP) is 5.63. The van der Waals surface area contributed by atoms with E-state index < -0.39 is 46.2 Å². The molecule has 12 heteroatoms. The van der Waals surface area contributed by atoms with E-state index in [1.807, 2.05) is 17.5 Å². The Kier molecular flexibility index (Phi) is 8.63. The highest BCUT2D eigenvalue weighted by molar-refractivity contribution is 7.10. The molecule has 3 atom stereocenters. The van der Waals surface area contributed by atoms with Crippen LogP contribution in [-0.2, 0) is 23.9 Å². The third-order valence-corrected chi connectivity index (χ3v) is 8.82. The van der Waals surface area contributed by atoms with Crippen LogP contribution < -0.4 is 10.6 Å². The average molecular weight is 620 g/mol. The molecule has 2 aromatic carbocycles. The monoisotopic (exact) mass is 619 g/mol. The van der Waals surface area contributed by atoms with Crippen molar-refractivity contribution in [2.75, 3.05) is 18.1 Å². The Morgan fingerprint density at radius 2 is 1.82 bits per heavy atom. The molecule has 2 heterocycles. The number of nitro benzene ring substituents is 1. The van der Waals surface area contributed by atoms with Crippen molar-refractivity contribution >= 4 is 40.4 Å². The summed E-state index contributed by atoms with van der Waals surface area (Å²) < 4.78 is 24.9. The average Bonchev–Trinajstić information content (AvgIpc) is 3.52. The van der Waals surface area contributed by atoms with Crippen LogP contribution in [0.2, 0.25) is 0 Å². The van der Waals surface area contributed by atoms with Gasteiger partial charge in [-0.1, -0.05) is 18.2 Å². The fourth-order valence-corrected chi connectivity index (χ4v) is 6.84.